The van der Waals surface area contributed by atoms with Gasteiger partial charge < -0.3 is 5.32 Å². The Bertz CT molecular complexity index is 127. The fourth-order valence-corrected chi connectivity index (χ4v) is 1.82. The smallest absolute Gasteiger partial charge is 0.0132 e. The Morgan fingerprint density at radius 2 is 1.77 bits per heavy atom. The standard InChI is InChI=1S/C11H24BrN/c1-9(12)8-10(2)13-7-6-11(3,4)5/h9-10,13H,6-8H2,1-5H3. The van der Waals surface area contributed by atoms with E-state index in [1.54, 1.807) is 0 Å². The Labute approximate surface area is 91.8 Å². The second-order valence-corrected chi connectivity index (χ2v) is 6.75. The summed E-state index contributed by atoms with van der Waals surface area (Å²) in [6, 6.07) is 0.622. The van der Waals surface area contributed by atoms with Gasteiger partial charge in [0, 0.05) is 10.9 Å². The summed E-state index contributed by atoms with van der Waals surface area (Å²) in [5, 5.41) is 3.54. The van der Waals surface area contributed by atoms with E-state index in [-0.39, 0.29) is 0 Å². The Morgan fingerprint density at radius 1 is 1.23 bits per heavy atom. The van der Waals surface area contributed by atoms with Gasteiger partial charge in [-0.3, -0.25) is 0 Å². The van der Waals surface area contributed by atoms with Crippen molar-refractivity contribution in [3.8, 4) is 0 Å². The molecule has 80 valence electrons. The lowest BCUT2D eigenvalue weighted by molar-refractivity contribution is 0.354. The topological polar surface area (TPSA) is 12.0 Å². The van der Waals surface area contributed by atoms with Gasteiger partial charge in [0.15, 0.2) is 0 Å². The first kappa shape index (κ1) is 13.4. The maximum absolute atomic E-state index is 3.57. The van der Waals surface area contributed by atoms with E-state index >= 15 is 0 Å². The van der Waals surface area contributed by atoms with Gasteiger partial charge in [0.05, 0.1) is 0 Å². The quantitative estimate of drug-likeness (QED) is 0.735. The van der Waals surface area contributed by atoms with Crippen LogP contribution >= 0.6 is 15.9 Å². The Hall–Kier alpha value is 0.440. The van der Waals surface area contributed by atoms with Gasteiger partial charge in [-0.2, -0.15) is 0 Å². The number of hydrogen-bond donors (Lipinski definition) is 1. The normalized spacial score (nSPS) is 17.1. The van der Waals surface area contributed by atoms with Crippen molar-refractivity contribution in [1.82, 2.24) is 5.32 Å². The van der Waals surface area contributed by atoms with Crippen molar-refractivity contribution in [2.75, 3.05) is 6.54 Å². The van der Waals surface area contributed by atoms with Crippen LogP contribution in [0.5, 0.6) is 0 Å². The summed E-state index contributed by atoms with van der Waals surface area (Å²) in [7, 11) is 0. The van der Waals surface area contributed by atoms with Crippen LogP contribution in [-0.4, -0.2) is 17.4 Å². The number of rotatable bonds is 5. The molecule has 0 aromatic carbocycles. The maximum Gasteiger partial charge on any atom is 0.0132 e. The first-order valence-electron chi connectivity index (χ1n) is 5.19. The van der Waals surface area contributed by atoms with Crippen LogP contribution in [0.3, 0.4) is 0 Å². The monoisotopic (exact) mass is 249 g/mol. The van der Waals surface area contributed by atoms with Gasteiger partial charge in [0.2, 0.25) is 0 Å². The zero-order valence-corrected chi connectivity index (χ0v) is 11.2. The van der Waals surface area contributed by atoms with Crippen LogP contribution in [0.15, 0.2) is 0 Å². The van der Waals surface area contributed by atoms with Crippen molar-refractivity contribution < 1.29 is 0 Å². The first-order valence-corrected chi connectivity index (χ1v) is 6.10. The van der Waals surface area contributed by atoms with Crippen molar-refractivity contribution in [3.05, 3.63) is 0 Å². The lowest BCUT2D eigenvalue weighted by Gasteiger charge is -2.21. The molecule has 2 unspecified atom stereocenters. The van der Waals surface area contributed by atoms with Crippen LogP contribution in [0, 0.1) is 5.41 Å². The molecular formula is C11H24BrN. The Balaban J connectivity index is 3.42. The zero-order chi connectivity index (χ0) is 10.5. The third-order valence-electron chi connectivity index (χ3n) is 2.05. The molecule has 13 heavy (non-hydrogen) atoms. The molecule has 0 aliphatic rings. The zero-order valence-electron chi connectivity index (χ0n) is 9.65. The lowest BCUT2D eigenvalue weighted by atomic mass is 9.92. The molecule has 0 radical (unpaired) electrons. The fraction of sp³-hybridized carbons (Fsp3) is 1.00. The highest BCUT2D eigenvalue weighted by molar-refractivity contribution is 9.09. The van der Waals surface area contributed by atoms with Crippen molar-refractivity contribution in [2.24, 2.45) is 5.41 Å². The van der Waals surface area contributed by atoms with Crippen LogP contribution in [0.2, 0.25) is 0 Å². The Kier molecular flexibility index (Phi) is 6.23. The summed E-state index contributed by atoms with van der Waals surface area (Å²) in [5.41, 5.74) is 0.451. The van der Waals surface area contributed by atoms with Gasteiger partial charge in [-0.05, 0) is 31.7 Å². The predicted molar refractivity (Wildman–Crippen MR) is 64.5 cm³/mol. The molecule has 0 bridgehead atoms. The van der Waals surface area contributed by atoms with E-state index in [1.807, 2.05) is 0 Å². The molecule has 0 amide bonds. The summed E-state index contributed by atoms with van der Waals surface area (Å²) in [5.74, 6) is 0. The molecule has 1 N–H and O–H groups in total. The highest BCUT2D eigenvalue weighted by atomic mass is 79.9. The van der Waals surface area contributed by atoms with E-state index in [0.717, 1.165) is 6.54 Å². The average Bonchev–Trinajstić information content (AvgIpc) is 1.81. The molecule has 2 heteroatoms. The third kappa shape index (κ3) is 10.4. The van der Waals surface area contributed by atoms with Gasteiger partial charge in [-0.15, -0.1) is 0 Å². The summed E-state index contributed by atoms with van der Waals surface area (Å²) >= 11 is 3.57. The van der Waals surface area contributed by atoms with Crippen LogP contribution in [0.25, 0.3) is 0 Å². The molecule has 0 aromatic rings. The van der Waals surface area contributed by atoms with Gasteiger partial charge in [-0.1, -0.05) is 43.6 Å². The van der Waals surface area contributed by atoms with E-state index in [9.17, 15) is 0 Å². The summed E-state index contributed by atoms with van der Waals surface area (Å²) in [6.45, 7) is 12.4. The van der Waals surface area contributed by atoms with Gasteiger partial charge in [0.25, 0.3) is 0 Å². The number of hydrogen-bond acceptors (Lipinski definition) is 1. The number of nitrogens with one attached hydrogen (secondary N) is 1. The van der Waals surface area contributed by atoms with Gasteiger partial charge in [-0.25, -0.2) is 0 Å². The molecule has 0 fully saturated rings. The van der Waals surface area contributed by atoms with Crippen molar-refractivity contribution >= 4 is 15.9 Å². The second kappa shape index (κ2) is 6.02. The number of halogens is 1. The minimum Gasteiger partial charge on any atom is -0.314 e. The molecule has 1 nitrogen and oxygen atoms in total. The van der Waals surface area contributed by atoms with E-state index in [1.165, 1.54) is 12.8 Å². The fourth-order valence-electron chi connectivity index (χ4n) is 1.26. The lowest BCUT2D eigenvalue weighted by Crippen LogP contribution is -2.30. The number of alkyl halides is 1. The molecule has 0 spiro atoms. The Morgan fingerprint density at radius 3 is 2.15 bits per heavy atom. The SMILES string of the molecule is CC(Br)CC(C)NCCC(C)(C)C. The highest BCUT2D eigenvalue weighted by Gasteiger charge is 2.10. The minimum atomic E-state index is 0.451. The molecular weight excluding hydrogens is 226 g/mol. The molecule has 0 saturated heterocycles. The maximum atomic E-state index is 3.57. The van der Waals surface area contributed by atoms with E-state index in [2.05, 4.69) is 55.9 Å². The van der Waals surface area contributed by atoms with E-state index in [0.29, 0.717) is 16.3 Å². The van der Waals surface area contributed by atoms with E-state index < -0.39 is 0 Å². The van der Waals surface area contributed by atoms with Gasteiger partial charge in [0.1, 0.15) is 0 Å². The van der Waals surface area contributed by atoms with Crippen LogP contribution in [-0.2, 0) is 0 Å². The van der Waals surface area contributed by atoms with Crippen LogP contribution < -0.4 is 5.32 Å². The van der Waals surface area contributed by atoms with Crippen molar-refractivity contribution in [1.29, 1.82) is 0 Å². The minimum absolute atomic E-state index is 0.451. The summed E-state index contributed by atoms with van der Waals surface area (Å²) < 4.78 is 0. The second-order valence-electron chi connectivity index (χ2n) is 5.18. The molecule has 0 rings (SSSR count). The van der Waals surface area contributed by atoms with Crippen molar-refractivity contribution in [3.63, 3.8) is 0 Å². The van der Waals surface area contributed by atoms with Crippen molar-refractivity contribution in [2.45, 2.75) is 58.3 Å². The average molecular weight is 250 g/mol. The molecule has 0 aliphatic carbocycles. The van der Waals surface area contributed by atoms with Gasteiger partial charge >= 0.3 is 0 Å². The summed E-state index contributed by atoms with van der Waals surface area (Å²) in [4.78, 5) is 0.615. The summed E-state index contributed by atoms with van der Waals surface area (Å²) in [6.07, 6.45) is 2.44. The molecule has 0 aromatic heterocycles. The molecule has 0 saturated carbocycles. The third-order valence-corrected chi connectivity index (χ3v) is 2.42. The molecule has 0 aliphatic heterocycles. The first-order chi connectivity index (χ1) is 5.81. The van der Waals surface area contributed by atoms with Crippen LogP contribution in [0.4, 0.5) is 0 Å². The van der Waals surface area contributed by atoms with E-state index in [4.69, 9.17) is 0 Å². The molecule has 2 atom stereocenters. The van der Waals surface area contributed by atoms with Crippen LogP contribution in [0.1, 0.15) is 47.5 Å². The highest BCUT2D eigenvalue weighted by Crippen LogP contribution is 2.17. The largest absolute Gasteiger partial charge is 0.314 e. The predicted octanol–water partition coefficient (Wildman–Crippen LogP) is 3.57. The molecule has 0 heterocycles.